The number of hydrogen-bond donors (Lipinski definition) is 0. The Labute approximate surface area is 104 Å². The molecule has 1 aromatic carbocycles. The first kappa shape index (κ1) is 12.1. The van der Waals surface area contributed by atoms with E-state index in [0.717, 1.165) is 5.69 Å². The molecule has 0 amide bonds. The van der Waals surface area contributed by atoms with E-state index in [9.17, 15) is 0 Å². The van der Waals surface area contributed by atoms with Gasteiger partial charge in [0, 0.05) is 12.1 Å². The Kier molecular flexibility index (Phi) is 4.13. The third-order valence-corrected chi connectivity index (χ3v) is 3.27. The predicted octanol–water partition coefficient (Wildman–Crippen LogP) is 4.87. The van der Waals surface area contributed by atoms with E-state index < -0.39 is 0 Å². The monoisotopic (exact) mass is 227 g/mol. The van der Waals surface area contributed by atoms with Crippen LogP contribution >= 0.6 is 0 Å². The SMILES string of the molecule is CC(C)c1ccc(N=CC2C=CCCC2)cc1. The molecule has 0 aromatic heterocycles. The number of nitrogens with zero attached hydrogens (tertiary/aromatic N) is 1. The van der Waals surface area contributed by atoms with E-state index in [1.54, 1.807) is 0 Å². The second kappa shape index (κ2) is 5.81. The van der Waals surface area contributed by atoms with Crippen LogP contribution in [0.1, 0.15) is 44.6 Å². The van der Waals surface area contributed by atoms with Gasteiger partial charge in [0.05, 0.1) is 5.69 Å². The van der Waals surface area contributed by atoms with Gasteiger partial charge in [-0.3, -0.25) is 4.99 Å². The van der Waals surface area contributed by atoms with E-state index in [2.05, 4.69) is 61.5 Å². The van der Waals surface area contributed by atoms with E-state index in [1.807, 2.05) is 0 Å². The van der Waals surface area contributed by atoms with Crippen LogP contribution in [0.4, 0.5) is 5.69 Å². The molecule has 0 bridgehead atoms. The summed E-state index contributed by atoms with van der Waals surface area (Å²) in [6.07, 6.45) is 10.4. The van der Waals surface area contributed by atoms with E-state index in [1.165, 1.54) is 24.8 Å². The molecule has 1 atom stereocenters. The second-order valence-corrected chi connectivity index (χ2v) is 5.05. The number of benzene rings is 1. The molecule has 0 N–H and O–H groups in total. The summed E-state index contributed by atoms with van der Waals surface area (Å²) < 4.78 is 0. The molecule has 0 aliphatic heterocycles. The molecule has 1 aliphatic rings. The zero-order chi connectivity index (χ0) is 12.1. The zero-order valence-electron chi connectivity index (χ0n) is 10.8. The summed E-state index contributed by atoms with van der Waals surface area (Å²) in [4.78, 5) is 4.55. The van der Waals surface area contributed by atoms with E-state index >= 15 is 0 Å². The zero-order valence-corrected chi connectivity index (χ0v) is 10.8. The minimum Gasteiger partial charge on any atom is -0.261 e. The van der Waals surface area contributed by atoms with Crippen LogP contribution < -0.4 is 0 Å². The average Bonchev–Trinajstić information content (AvgIpc) is 2.38. The lowest BCUT2D eigenvalue weighted by atomic mass is 9.97. The molecule has 1 heteroatoms. The number of allylic oxidation sites excluding steroid dienone is 2. The van der Waals surface area contributed by atoms with Crippen LogP contribution in [0.25, 0.3) is 0 Å². The first-order chi connectivity index (χ1) is 8.25. The summed E-state index contributed by atoms with van der Waals surface area (Å²) in [7, 11) is 0. The highest BCUT2D eigenvalue weighted by atomic mass is 14.7. The molecule has 1 aromatic rings. The maximum atomic E-state index is 4.55. The van der Waals surface area contributed by atoms with Crippen molar-refractivity contribution in [3.63, 3.8) is 0 Å². The Balaban J connectivity index is 2.00. The lowest BCUT2D eigenvalue weighted by Gasteiger charge is -2.10. The number of aliphatic imine (C=N–C) groups is 1. The first-order valence-electron chi connectivity index (χ1n) is 6.56. The van der Waals surface area contributed by atoms with Crippen molar-refractivity contribution in [3.8, 4) is 0 Å². The molecule has 1 aliphatic carbocycles. The largest absolute Gasteiger partial charge is 0.261 e. The molecule has 0 radical (unpaired) electrons. The second-order valence-electron chi connectivity index (χ2n) is 5.05. The van der Waals surface area contributed by atoms with Crippen LogP contribution in [-0.4, -0.2) is 6.21 Å². The van der Waals surface area contributed by atoms with Gasteiger partial charge in [-0.1, -0.05) is 38.1 Å². The smallest absolute Gasteiger partial charge is 0.0626 e. The number of hydrogen-bond acceptors (Lipinski definition) is 1. The highest BCUT2D eigenvalue weighted by Crippen LogP contribution is 2.20. The Morgan fingerprint density at radius 2 is 2.00 bits per heavy atom. The predicted molar refractivity (Wildman–Crippen MR) is 75.2 cm³/mol. The number of rotatable bonds is 3. The summed E-state index contributed by atoms with van der Waals surface area (Å²) in [6.45, 7) is 4.43. The van der Waals surface area contributed by atoms with Crippen LogP contribution in [-0.2, 0) is 0 Å². The third kappa shape index (κ3) is 3.55. The Bertz CT molecular complexity index is 398. The molecule has 0 heterocycles. The van der Waals surface area contributed by atoms with Crippen molar-refractivity contribution < 1.29 is 0 Å². The minimum atomic E-state index is 0.536. The summed E-state index contributed by atoms with van der Waals surface area (Å²) in [6, 6.07) is 8.57. The normalized spacial score (nSPS) is 20.3. The van der Waals surface area contributed by atoms with Gasteiger partial charge in [-0.2, -0.15) is 0 Å². The Hall–Kier alpha value is -1.37. The van der Waals surface area contributed by atoms with Gasteiger partial charge in [-0.25, -0.2) is 0 Å². The van der Waals surface area contributed by atoms with Gasteiger partial charge in [-0.05, 0) is 42.9 Å². The van der Waals surface area contributed by atoms with Gasteiger partial charge in [0.1, 0.15) is 0 Å². The third-order valence-electron chi connectivity index (χ3n) is 3.27. The highest BCUT2D eigenvalue weighted by molar-refractivity contribution is 5.67. The fourth-order valence-corrected chi connectivity index (χ4v) is 2.09. The lowest BCUT2D eigenvalue weighted by molar-refractivity contribution is 0.663. The molecule has 0 fully saturated rings. The van der Waals surface area contributed by atoms with Crippen molar-refractivity contribution in [2.45, 2.75) is 39.0 Å². The molecular weight excluding hydrogens is 206 g/mol. The van der Waals surface area contributed by atoms with Crippen LogP contribution in [0.15, 0.2) is 41.4 Å². The molecule has 90 valence electrons. The molecule has 0 saturated carbocycles. The van der Waals surface area contributed by atoms with E-state index in [-0.39, 0.29) is 0 Å². The van der Waals surface area contributed by atoms with Crippen molar-refractivity contribution in [2.24, 2.45) is 10.9 Å². The summed E-state index contributed by atoms with van der Waals surface area (Å²) in [5.41, 5.74) is 2.44. The van der Waals surface area contributed by atoms with Gasteiger partial charge < -0.3 is 0 Å². The quantitative estimate of drug-likeness (QED) is 0.516. The minimum absolute atomic E-state index is 0.536. The molecule has 0 spiro atoms. The summed E-state index contributed by atoms with van der Waals surface area (Å²) >= 11 is 0. The summed E-state index contributed by atoms with van der Waals surface area (Å²) in [5.74, 6) is 1.13. The maximum absolute atomic E-state index is 4.55. The van der Waals surface area contributed by atoms with Gasteiger partial charge in [-0.15, -0.1) is 0 Å². The van der Waals surface area contributed by atoms with Crippen LogP contribution in [0.2, 0.25) is 0 Å². The maximum Gasteiger partial charge on any atom is 0.0626 e. The van der Waals surface area contributed by atoms with Crippen molar-refractivity contribution in [1.82, 2.24) is 0 Å². The molecular formula is C16H21N. The van der Waals surface area contributed by atoms with Crippen LogP contribution in [0, 0.1) is 5.92 Å². The van der Waals surface area contributed by atoms with Crippen molar-refractivity contribution >= 4 is 11.9 Å². The van der Waals surface area contributed by atoms with Gasteiger partial charge in [0.2, 0.25) is 0 Å². The fraction of sp³-hybridized carbons (Fsp3) is 0.438. The van der Waals surface area contributed by atoms with Crippen molar-refractivity contribution in [3.05, 3.63) is 42.0 Å². The fourth-order valence-electron chi connectivity index (χ4n) is 2.09. The van der Waals surface area contributed by atoms with Gasteiger partial charge >= 0.3 is 0 Å². The lowest BCUT2D eigenvalue weighted by Crippen LogP contribution is -2.01. The Morgan fingerprint density at radius 3 is 2.59 bits per heavy atom. The Morgan fingerprint density at radius 1 is 1.24 bits per heavy atom. The average molecular weight is 227 g/mol. The van der Waals surface area contributed by atoms with E-state index in [0.29, 0.717) is 11.8 Å². The summed E-state index contributed by atoms with van der Waals surface area (Å²) in [5, 5.41) is 0. The van der Waals surface area contributed by atoms with Crippen molar-refractivity contribution in [2.75, 3.05) is 0 Å². The van der Waals surface area contributed by atoms with Gasteiger partial charge in [0.15, 0.2) is 0 Å². The molecule has 1 nitrogen and oxygen atoms in total. The molecule has 0 saturated heterocycles. The molecule has 2 rings (SSSR count). The van der Waals surface area contributed by atoms with Crippen LogP contribution in [0.5, 0.6) is 0 Å². The first-order valence-corrected chi connectivity index (χ1v) is 6.56. The van der Waals surface area contributed by atoms with Crippen molar-refractivity contribution in [1.29, 1.82) is 0 Å². The standard InChI is InChI=1S/C16H21N/c1-13(2)15-8-10-16(11-9-15)17-12-14-6-4-3-5-7-14/h4,6,8-14H,3,5,7H2,1-2H3. The van der Waals surface area contributed by atoms with Gasteiger partial charge in [0.25, 0.3) is 0 Å². The molecule has 1 unspecified atom stereocenters. The topological polar surface area (TPSA) is 12.4 Å². The van der Waals surface area contributed by atoms with Crippen LogP contribution in [0.3, 0.4) is 0 Å². The molecule has 17 heavy (non-hydrogen) atoms. The van der Waals surface area contributed by atoms with E-state index in [4.69, 9.17) is 0 Å². The highest BCUT2D eigenvalue weighted by Gasteiger charge is 2.04.